The van der Waals surface area contributed by atoms with Crippen LogP contribution in [0.3, 0.4) is 0 Å². The van der Waals surface area contributed by atoms with Gasteiger partial charge in [-0.25, -0.2) is 0 Å². The fourth-order valence-corrected chi connectivity index (χ4v) is 2.64. The van der Waals surface area contributed by atoms with Gasteiger partial charge in [-0.3, -0.25) is 0 Å². The largest absolute Gasteiger partial charge is 0.416 e. The highest BCUT2D eigenvalue weighted by atomic mass is 19.4. The van der Waals surface area contributed by atoms with E-state index in [9.17, 15) is 13.2 Å². The van der Waals surface area contributed by atoms with Gasteiger partial charge < -0.3 is 10.2 Å². The highest BCUT2D eigenvalue weighted by Crippen LogP contribution is 2.31. The minimum absolute atomic E-state index is 0.270. The smallest absolute Gasteiger partial charge is 0.382 e. The quantitative estimate of drug-likeness (QED) is 0.900. The topological polar surface area (TPSA) is 15.3 Å². The van der Waals surface area contributed by atoms with Crippen LogP contribution < -0.4 is 5.32 Å². The highest BCUT2D eigenvalue weighted by molar-refractivity contribution is 5.47. The molecule has 2 nitrogen and oxygen atoms in total. The zero-order valence-corrected chi connectivity index (χ0v) is 11.7. The molecule has 0 radical (unpaired) electrons. The SMILES string of the molecule is CCCN1CCC(Nc2cccc(C(F)(F)F)c2)CC1. The first kappa shape index (κ1) is 15.2. The number of nitrogens with one attached hydrogen (secondary N) is 1. The Bertz CT molecular complexity index is 423. The molecule has 1 saturated heterocycles. The first-order valence-electron chi connectivity index (χ1n) is 7.15. The number of anilines is 1. The highest BCUT2D eigenvalue weighted by Gasteiger charge is 2.30. The molecule has 0 spiro atoms. The van der Waals surface area contributed by atoms with Crippen LogP contribution in [0.15, 0.2) is 24.3 Å². The van der Waals surface area contributed by atoms with Crippen LogP contribution in [0.4, 0.5) is 18.9 Å². The summed E-state index contributed by atoms with van der Waals surface area (Å²) in [6, 6.07) is 5.73. The van der Waals surface area contributed by atoms with Gasteiger partial charge in [0.2, 0.25) is 0 Å². The second-order valence-electron chi connectivity index (χ2n) is 5.34. The Morgan fingerprint density at radius 1 is 1.25 bits per heavy atom. The maximum Gasteiger partial charge on any atom is 0.416 e. The molecule has 0 saturated carbocycles. The molecule has 5 heteroatoms. The Morgan fingerprint density at radius 3 is 2.55 bits per heavy atom. The van der Waals surface area contributed by atoms with Gasteiger partial charge in [0.25, 0.3) is 0 Å². The minimum atomic E-state index is -4.28. The van der Waals surface area contributed by atoms with Gasteiger partial charge in [0, 0.05) is 24.8 Å². The van der Waals surface area contributed by atoms with E-state index in [4.69, 9.17) is 0 Å². The van der Waals surface area contributed by atoms with Gasteiger partial charge in [0.1, 0.15) is 0 Å². The summed E-state index contributed by atoms with van der Waals surface area (Å²) in [4.78, 5) is 2.41. The van der Waals surface area contributed by atoms with Gasteiger partial charge >= 0.3 is 6.18 Å². The average molecular weight is 286 g/mol. The number of likely N-dealkylation sites (tertiary alicyclic amines) is 1. The summed E-state index contributed by atoms with van der Waals surface area (Å²) in [5, 5.41) is 3.23. The van der Waals surface area contributed by atoms with E-state index >= 15 is 0 Å². The summed E-state index contributed by atoms with van der Waals surface area (Å²) in [6.07, 6.45) is -1.17. The van der Waals surface area contributed by atoms with Gasteiger partial charge in [-0.1, -0.05) is 13.0 Å². The third-order valence-corrected chi connectivity index (χ3v) is 3.69. The molecule has 1 heterocycles. The number of hydrogen-bond acceptors (Lipinski definition) is 2. The molecule has 0 bridgehead atoms. The summed E-state index contributed by atoms with van der Waals surface area (Å²) < 4.78 is 37.9. The number of hydrogen-bond donors (Lipinski definition) is 1. The van der Waals surface area contributed by atoms with Crippen LogP contribution in [0.5, 0.6) is 0 Å². The molecular formula is C15H21F3N2. The van der Waals surface area contributed by atoms with Crippen LogP contribution in [-0.4, -0.2) is 30.6 Å². The summed E-state index contributed by atoms with van der Waals surface area (Å²) in [6.45, 7) is 5.30. The molecule has 1 aliphatic rings. The standard InChI is InChI=1S/C15H21F3N2/c1-2-8-20-9-6-13(7-10-20)19-14-5-3-4-12(11-14)15(16,17)18/h3-5,11,13,19H,2,6-10H2,1H3. The number of piperidine rings is 1. The zero-order chi connectivity index (χ0) is 14.6. The molecule has 1 fully saturated rings. The van der Waals surface area contributed by atoms with Gasteiger partial charge in [-0.05, 0) is 44.0 Å². The van der Waals surface area contributed by atoms with Gasteiger partial charge in [0.15, 0.2) is 0 Å². The van der Waals surface area contributed by atoms with E-state index in [2.05, 4.69) is 17.1 Å². The van der Waals surface area contributed by atoms with Gasteiger partial charge in [0.05, 0.1) is 5.56 Å². The van der Waals surface area contributed by atoms with E-state index in [1.54, 1.807) is 6.07 Å². The number of nitrogens with zero attached hydrogens (tertiary/aromatic N) is 1. The molecular weight excluding hydrogens is 265 g/mol. The summed E-state index contributed by atoms with van der Waals surface area (Å²) in [5.41, 5.74) is -0.0281. The van der Waals surface area contributed by atoms with Crippen molar-refractivity contribution in [3.05, 3.63) is 29.8 Å². The lowest BCUT2D eigenvalue weighted by Gasteiger charge is -2.32. The summed E-state index contributed by atoms with van der Waals surface area (Å²) in [5.74, 6) is 0. The number of halogens is 3. The first-order valence-corrected chi connectivity index (χ1v) is 7.15. The Kier molecular flexibility index (Phi) is 4.91. The predicted octanol–water partition coefficient (Wildman–Crippen LogP) is 3.99. The predicted molar refractivity (Wildman–Crippen MR) is 74.8 cm³/mol. The van der Waals surface area contributed by atoms with Crippen molar-refractivity contribution in [2.75, 3.05) is 25.0 Å². The van der Waals surface area contributed by atoms with Crippen molar-refractivity contribution in [1.29, 1.82) is 0 Å². The van der Waals surface area contributed by atoms with Crippen molar-refractivity contribution in [2.45, 2.75) is 38.4 Å². The molecule has 1 aliphatic heterocycles. The molecule has 20 heavy (non-hydrogen) atoms. The Balaban J connectivity index is 1.91. The number of alkyl halides is 3. The van der Waals surface area contributed by atoms with E-state index < -0.39 is 11.7 Å². The average Bonchev–Trinajstić information content (AvgIpc) is 2.41. The molecule has 1 aromatic carbocycles. The van der Waals surface area contributed by atoms with Gasteiger partial charge in [-0.15, -0.1) is 0 Å². The fraction of sp³-hybridized carbons (Fsp3) is 0.600. The maximum atomic E-state index is 12.6. The van der Waals surface area contributed by atoms with Crippen molar-refractivity contribution < 1.29 is 13.2 Å². The maximum absolute atomic E-state index is 12.6. The normalized spacial score (nSPS) is 18.2. The second-order valence-corrected chi connectivity index (χ2v) is 5.34. The minimum Gasteiger partial charge on any atom is -0.382 e. The van der Waals surface area contributed by atoms with Crippen molar-refractivity contribution in [2.24, 2.45) is 0 Å². The lowest BCUT2D eigenvalue weighted by molar-refractivity contribution is -0.137. The molecule has 1 aromatic rings. The lowest BCUT2D eigenvalue weighted by atomic mass is 10.0. The molecule has 0 aromatic heterocycles. The Hall–Kier alpha value is -1.23. The monoisotopic (exact) mass is 286 g/mol. The Morgan fingerprint density at radius 2 is 1.95 bits per heavy atom. The van der Waals surface area contributed by atoms with Crippen molar-refractivity contribution in [3.8, 4) is 0 Å². The molecule has 2 rings (SSSR count). The van der Waals surface area contributed by atoms with Crippen molar-refractivity contribution in [3.63, 3.8) is 0 Å². The molecule has 0 aliphatic carbocycles. The van der Waals surface area contributed by atoms with E-state index in [0.29, 0.717) is 5.69 Å². The van der Waals surface area contributed by atoms with E-state index in [1.807, 2.05) is 0 Å². The van der Waals surface area contributed by atoms with Crippen LogP contribution in [0.25, 0.3) is 0 Å². The van der Waals surface area contributed by atoms with Crippen LogP contribution in [0, 0.1) is 0 Å². The van der Waals surface area contributed by atoms with Gasteiger partial charge in [-0.2, -0.15) is 13.2 Å². The molecule has 0 atom stereocenters. The number of benzene rings is 1. The molecule has 112 valence electrons. The zero-order valence-electron chi connectivity index (χ0n) is 11.7. The fourth-order valence-electron chi connectivity index (χ4n) is 2.64. The van der Waals surface area contributed by atoms with E-state index in [-0.39, 0.29) is 6.04 Å². The van der Waals surface area contributed by atoms with E-state index in [0.717, 1.165) is 45.0 Å². The van der Waals surface area contributed by atoms with E-state index in [1.165, 1.54) is 12.1 Å². The lowest BCUT2D eigenvalue weighted by Crippen LogP contribution is -2.39. The summed E-state index contributed by atoms with van der Waals surface area (Å²) >= 11 is 0. The van der Waals surface area contributed by atoms with Crippen molar-refractivity contribution in [1.82, 2.24) is 4.90 Å². The van der Waals surface area contributed by atoms with Crippen LogP contribution in [0.1, 0.15) is 31.7 Å². The third-order valence-electron chi connectivity index (χ3n) is 3.69. The molecule has 0 unspecified atom stereocenters. The molecule has 1 N–H and O–H groups in total. The second kappa shape index (κ2) is 6.48. The third kappa shape index (κ3) is 4.13. The van der Waals surface area contributed by atoms with Crippen LogP contribution >= 0.6 is 0 Å². The first-order chi connectivity index (χ1) is 9.49. The van der Waals surface area contributed by atoms with Crippen molar-refractivity contribution >= 4 is 5.69 Å². The van der Waals surface area contributed by atoms with Crippen LogP contribution in [0.2, 0.25) is 0 Å². The number of rotatable bonds is 4. The Labute approximate surface area is 118 Å². The molecule has 0 amide bonds. The summed E-state index contributed by atoms with van der Waals surface area (Å²) in [7, 11) is 0. The van der Waals surface area contributed by atoms with Crippen LogP contribution in [-0.2, 0) is 6.18 Å².